The molecule has 0 saturated heterocycles. The van der Waals surface area contributed by atoms with Crippen LogP contribution in [0.15, 0.2) is 35.3 Å². The summed E-state index contributed by atoms with van der Waals surface area (Å²) in [5.74, 6) is 0.692. The lowest BCUT2D eigenvalue weighted by atomic mass is 9.91. The summed E-state index contributed by atoms with van der Waals surface area (Å²) in [5.41, 5.74) is 7.44. The molecule has 92 valence electrons. The van der Waals surface area contributed by atoms with E-state index < -0.39 is 0 Å². The number of hydrogen-bond acceptors (Lipinski definition) is 3. The fraction of sp³-hybridized carbons (Fsp3) is 0.500. The molecule has 0 fully saturated rings. The summed E-state index contributed by atoms with van der Waals surface area (Å²) in [6, 6.07) is 10.5. The van der Waals surface area contributed by atoms with Crippen molar-refractivity contribution in [3.63, 3.8) is 0 Å². The Labute approximate surface area is 103 Å². The first-order valence-corrected chi connectivity index (χ1v) is 6.33. The van der Waals surface area contributed by atoms with E-state index in [9.17, 15) is 0 Å². The first kappa shape index (κ1) is 12.0. The highest BCUT2D eigenvalue weighted by Crippen LogP contribution is 2.30. The predicted molar refractivity (Wildman–Crippen MR) is 71.8 cm³/mol. The van der Waals surface area contributed by atoms with Gasteiger partial charge in [-0.1, -0.05) is 44.2 Å². The van der Waals surface area contributed by atoms with Crippen LogP contribution in [0.2, 0.25) is 0 Å². The van der Waals surface area contributed by atoms with Gasteiger partial charge < -0.3 is 10.6 Å². The molecule has 0 bridgehead atoms. The molecule has 1 heterocycles. The van der Waals surface area contributed by atoms with Crippen LogP contribution in [-0.2, 0) is 6.54 Å². The van der Waals surface area contributed by atoms with Gasteiger partial charge in [-0.3, -0.25) is 4.99 Å². The Bertz CT molecular complexity index is 393. The van der Waals surface area contributed by atoms with E-state index in [1.54, 1.807) is 0 Å². The predicted octanol–water partition coefficient (Wildman–Crippen LogP) is 2.38. The summed E-state index contributed by atoms with van der Waals surface area (Å²) in [4.78, 5) is 6.70. The highest BCUT2D eigenvalue weighted by atomic mass is 15.4. The van der Waals surface area contributed by atoms with E-state index in [1.807, 2.05) is 6.07 Å². The third-order valence-corrected chi connectivity index (χ3v) is 3.88. The molecule has 1 aliphatic rings. The molecule has 0 amide bonds. The van der Waals surface area contributed by atoms with Crippen LogP contribution in [0.4, 0.5) is 0 Å². The topological polar surface area (TPSA) is 41.6 Å². The van der Waals surface area contributed by atoms with Gasteiger partial charge in [0.25, 0.3) is 0 Å². The molecule has 0 atom stereocenters. The summed E-state index contributed by atoms with van der Waals surface area (Å²) in [7, 11) is 0. The minimum absolute atomic E-state index is 0.125. The van der Waals surface area contributed by atoms with Crippen molar-refractivity contribution in [1.82, 2.24) is 4.90 Å². The standard InChI is InChI=1S/C14H21N3/c1-3-14(4-2)11-16-13(15)17(14)10-12-8-6-5-7-9-12/h5-9H,3-4,10-11H2,1-2H3,(H2,15,16). The van der Waals surface area contributed by atoms with Crippen molar-refractivity contribution in [2.75, 3.05) is 6.54 Å². The number of nitrogens with zero attached hydrogens (tertiary/aromatic N) is 2. The van der Waals surface area contributed by atoms with Crippen LogP contribution < -0.4 is 5.73 Å². The summed E-state index contributed by atoms with van der Waals surface area (Å²) in [6.07, 6.45) is 2.17. The molecule has 0 saturated carbocycles. The monoisotopic (exact) mass is 231 g/mol. The van der Waals surface area contributed by atoms with E-state index in [1.165, 1.54) is 5.56 Å². The molecule has 0 radical (unpaired) electrons. The average Bonchev–Trinajstić information content (AvgIpc) is 2.69. The van der Waals surface area contributed by atoms with E-state index in [-0.39, 0.29) is 5.54 Å². The van der Waals surface area contributed by atoms with Gasteiger partial charge in [-0.15, -0.1) is 0 Å². The van der Waals surface area contributed by atoms with Crippen molar-refractivity contribution < 1.29 is 0 Å². The van der Waals surface area contributed by atoms with Gasteiger partial charge in [-0.05, 0) is 18.4 Å². The van der Waals surface area contributed by atoms with Crippen molar-refractivity contribution in [2.45, 2.75) is 38.8 Å². The fourth-order valence-corrected chi connectivity index (χ4v) is 2.51. The molecule has 0 aliphatic carbocycles. The van der Waals surface area contributed by atoms with Gasteiger partial charge in [0.2, 0.25) is 0 Å². The first-order valence-electron chi connectivity index (χ1n) is 6.33. The van der Waals surface area contributed by atoms with Crippen molar-refractivity contribution >= 4 is 5.96 Å². The van der Waals surface area contributed by atoms with Crippen LogP contribution in [0.3, 0.4) is 0 Å². The quantitative estimate of drug-likeness (QED) is 0.864. The Kier molecular flexibility index (Phi) is 3.36. The summed E-state index contributed by atoms with van der Waals surface area (Å²) in [5, 5.41) is 0. The number of guanidine groups is 1. The second-order valence-corrected chi connectivity index (χ2v) is 4.68. The van der Waals surface area contributed by atoms with Gasteiger partial charge in [0.1, 0.15) is 0 Å². The van der Waals surface area contributed by atoms with Crippen molar-refractivity contribution in [3.05, 3.63) is 35.9 Å². The third-order valence-electron chi connectivity index (χ3n) is 3.88. The van der Waals surface area contributed by atoms with Gasteiger partial charge in [0.15, 0.2) is 5.96 Å². The van der Waals surface area contributed by atoms with Gasteiger partial charge in [-0.25, -0.2) is 0 Å². The Morgan fingerprint density at radius 2 is 1.88 bits per heavy atom. The summed E-state index contributed by atoms with van der Waals surface area (Å²) < 4.78 is 0. The average molecular weight is 231 g/mol. The third kappa shape index (κ3) is 2.14. The van der Waals surface area contributed by atoms with Crippen LogP contribution in [0.25, 0.3) is 0 Å². The van der Waals surface area contributed by atoms with Crippen LogP contribution >= 0.6 is 0 Å². The zero-order valence-corrected chi connectivity index (χ0v) is 10.7. The lowest BCUT2D eigenvalue weighted by Crippen LogP contribution is -2.50. The second-order valence-electron chi connectivity index (χ2n) is 4.68. The van der Waals surface area contributed by atoms with Crippen molar-refractivity contribution in [1.29, 1.82) is 0 Å². The van der Waals surface area contributed by atoms with E-state index >= 15 is 0 Å². The number of aliphatic imine (C=N–C) groups is 1. The maximum Gasteiger partial charge on any atom is 0.192 e. The number of nitrogens with two attached hydrogens (primary N) is 1. The minimum Gasteiger partial charge on any atom is -0.370 e. The maximum atomic E-state index is 6.03. The largest absolute Gasteiger partial charge is 0.370 e. The van der Waals surface area contributed by atoms with Gasteiger partial charge in [0, 0.05) is 6.54 Å². The van der Waals surface area contributed by atoms with Gasteiger partial charge in [-0.2, -0.15) is 0 Å². The molecular formula is C14H21N3. The van der Waals surface area contributed by atoms with Crippen LogP contribution in [0.1, 0.15) is 32.3 Å². The molecule has 3 heteroatoms. The van der Waals surface area contributed by atoms with Gasteiger partial charge in [0.05, 0.1) is 12.1 Å². The maximum absolute atomic E-state index is 6.03. The van der Waals surface area contributed by atoms with E-state index in [0.29, 0.717) is 5.96 Å². The zero-order chi connectivity index (χ0) is 12.3. The van der Waals surface area contributed by atoms with Crippen molar-refractivity contribution in [3.8, 4) is 0 Å². The molecule has 1 aromatic rings. The highest BCUT2D eigenvalue weighted by Gasteiger charge is 2.38. The molecule has 17 heavy (non-hydrogen) atoms. The Morgan fingerprint density at radius 3 is 2.47 bits per heavy atom. The summed E-state index contributed by atoms with van der Waals surface area (Å²) in [6.45, 7) is 6.13. The fourth-order valence-electron chi connectivity index (χ4n) is 2.51. The lowest BCUT2D eigenvalue weighted by Gasteiger charge is -2.38. The Morgan fingerprint density at radius 1 is 1.24 bits per heavy atom. The van der Waals surface area contributed by atoms with Crippen LogP contribution in [-0.4, -0.2) is 22.9 Å². The van der Waals surface area contributed by atoms with E-state index in [0.717, 1.165) is 25.9 Å². The molecule has 1 aromatic carbocycles. The minimum atomic E-state index is 0.125. The molecule has 2 rings (SSSR count). The Balaban J connectivity index is 2.20. The first-order chi connectivity index (χ1) is 8.22. The van der Waals surface area contributed by atoms with Crippen LogP contribution in [0, 0.1) is 0 Å². The smallest absolute Gasteiger partial charge is 0.192 e. The second kappa shape index (κ2) is 4.78. The zero-order valence-electron chi connectivity index (χ0n) is 10.7. The van der Waals surface area contributed by atoms with Gasteiger partial charge >= 0.3 is 0 Å². The molecule has 0 spiro atoms. The molecule has 2 N–H and O–H groups in total. The molecular weight excluding hydrogens is 210 g/mol. The molecule has 1 aliphatic heterocycles. The number of rotatable bonds is 4. The SMILES string of the molecule is CCC1(CC)CN=C(N)N1Cc1ccccc1. The Hall–Kier alpha value is -1.51. The molecule has 0 unspecified atom stereocenters. The van der Waals surface area contributed by atoms with E-state index in [2.05, 4.69) is 48.0 Å². The highest BCUT2D eigenvalue weighted by molar-refractivity contribution is 5.81. The van der Waals surface area contributed by atoms with E-state index in [4.69, 9.17) is 5.73 Å². The van der Waals surface area contributed by atoms with Crippen molar-refractivity contribution in [2.24, 2.45) is 10.7 Å². The lowest BCUT2D eigenvalue weighted by molar-refractivity contribution is 0.179. The molecule has 3 nitrogen and oxygen atoms in total. The van der Waals surface area contributed by atoms with Crippen LogP contribution in [0.5, 0.6) is 0 Å². The molecule has 0 aromatic heterocycles. The number of hydrogen-bond donors (Lipinski definition) is 1. The normalized spacial score (nSPS) is 18.2. The summed E-state index contributed by atoms with van der Waals surface area (Å²) >= 11 is 0. The number of benzene rings is 1.